The average Bonchev–Trinajstić information content (AvgIpc) is 2.73. The second-order valence-corrected chi connectivity index (χ2v) is 7.93. The number of benzene rings is 2. The fraction of sp³-hybridized carbons (Fsp3) is 0.238. The summed E-state index contributed by atoms with van der Waals surface area (Å²) in [5, 5.41) is 10.8. The first-order chi connectivity index (χ1) is 15.1. The van der Waals surface area contributed by atoms with E-state index in [0.29, 0.717) is 5.69 Å². The lowest BCUT2D eigenvalue weighted by Gasteiger charge is -2.31. The molecule has 1 heterocycles. The number of carbonyl (C=O) groups is 3. The van der Waals surface area contributed by atoms with Gasteiger partial charge in [0, 0.05) is 18.7 Å². The van der Waals surface area contributed by atoms with Crippen molar-refractivity contribution in [3.63, 3.8) is 0 Å². The predicted molar refractivity (Wildman–Crippen MR) is 114 cm³/mol. The molecule has 3 rings (SSSR count). The van der Waals surface area contributed by atoms with E-state index in [9.17, 15) is 27.6 Å². The average molecular weight is 465 g/mol. The summed E-state index contributed by atoms with van der Waals surface area (Å²) in [6.07, 6.45) is -4.64. The number of alkyl halides is 3. The summed E-state index contributed by atoms with van der Waals surface area (Å²) >= 11 is 0.979. The maximum atomic E-state index is 13.0. The van der Waals surface area contributed by atoms with Gasteiger partial charge in [-0.2, -0.15) is 13.2 Å². The SMILES string of the molecule is CCN1C(=O)CC(C(=O)Nc2ccc(C(=O)O)cc2)SC1=Nc1cccc(C(F)(F)F)c1. The van der Waals surface area contributed by atoms with Crippen LogP contribution in [-0.2, 0) is 15.8 Å². The van der Waals surface area contributed by atoms with Crippen LogP contribution in [0.4, 0.5) is 24.5 Å². The third-order valence-electron chi connectivity index (χ3n) is 4.55. The summed E-state index contributed by atoms with van der Waals surface area (Å²) in [4.78, 5) is 41.7. The van der Waals surface area contributed by atoms with Crippen molar-refractivity contribution in [2.45, 2.75) is 24.8 Å². The zero-order chi connectivity index (χ0) is 23.5. The maximum Gasteiger partial charge on any atom is 0.416 e. The van der Waals surface area contributed by atoms with Crippen LogP contribution in [0.25, 0.3) is 0 Å². The second kappa shape index (κ2) is 9.43. The van der Waals surface area contributed by atoms with Gasteiger partial charge >= 0.3 is 12.1 Å². The summed E-state index contributed by atoms with van der Waals surface area (Å²) in [5.74, 6) is -1.98. The Balaban J connectivity index is 1.81. The number of thioether (sulfide) groups is 1. The van der Waals surface area contributed by atoms with Crippen LogP contribution in [0.2, 0.25) is 0 Å². The van der Waals surface area contributed by atoms with Crippen LogP contribution in [0.5, 0.6) is 0 Å². The number of carbonyl (C=O) groups excluding carboxylic acids is 2. The molecular weight excluding hydrogens is 447 g/mol. The van der Waals surface area contributed by atoms with Gasteiger partial charge in [-0.15, -0.1) is 0 Å². The molecule has 1 atom stereocenters. The third kappa shape index (κ3) is 5.47. The number of aliphatic imine (C=N–C) groups is 1. The van der Waals surface area contributed by atoms with Gasteiger partial charge in [0.05, 0.1) is 16.8 Å². The van der Waals surface area contributed by atoms with Crippen LogP contribution in [0.3, 0.4) is 0 Å². The number of rotatable bonds is 5. The van der Waals surface area contributed by atoms with Crippen molar-refractivity contribution in [3.05, 3.63) is 59.7 Å². The van der Waals surface area contributed by atoms with E-state index in [4.69, 9.17) is 5.11 Å². The van der Waals surface area contributed by atoms with Crippen LogP contribution >= 0.6 is 11.8 Å². The normalized spacial score (nSPS) is 18.0. The van der Waals surface area contributed by atoms with Crippen molar-refractivity contribution < 1.29 is 32.7 Å². The largest absolute Gasteiger partial charge is 0.478 e. The van der Waals surface area contributed by atoms with Crippen molar-refractivity contribution in [3.8, 4) is 0 Å². The molecular formula is C21H18F3N3O4S. The molecule has 2 N–H and O–H groups in total. The molecule has 2 aromatic rings. The van der Waals surface area contributed by atoms with E-state index in [0.717, 1.165) is 23.9 Å². The minimum atomic E-state index is -4.53. The fourth-order valence-electron chi connectivity index (χ4n) is 2.93. The predicted octanol–water partition coefficient (Wildman–Crippen LogP) is 4.38. The van der Waals surface area contributed by atoms with Crippen molar-refractivity contribution in [2.75, 3.05) is 11.9 Å². The number of nitrogens with one attached hydrogen (secondary N) is 1. The van der Waals surface area contributed by atoms with E-state index < -0.39 is 28.9 Å². The zero-order valence-corrected chi connectivity index (χ0v) is 17.5. The van der Waals surface area contributed by atoms with E-state index in [1.165, 1.54) is 41.3 Å². The number of halogens is 3. The van der Waals surface area contributed by atoms with Gasteiger partial charge in [0.15, 0.2) is 5.17 Å². The fourth-order valence-corrected chi connectivity index (χ4v) is 4.10. The van der Waals surface area contributed by atoms with Gasteiger partial charge in [-0.1, -0.05) is 17.8 Å². The smallest absolute Gasteiger partial charge is 0.416 e. The molecule has 0 bridgehead atoms. The Bertz CT molecular complexity index is 1070. The minimum absolute atomic E-state index is 0.0129. The Hall–Kier alpha value is -3.34. The third-order valence-corrected chi connectivity index (χ3v) is 5.73. The Morgan fingerprint density at radius 1 is 1.22 bits per heavy atom. The Labute approximate surface area is 185 Å². The molecule has 168 valence electrons. The van der Waals surface area contributed by atoms with Gasteiger partial charge < -0.3 is 10.4 Å². The molecule has 0 radical (unpaired) electrons. The van der Waals surface area contributed by atoms with E-state index in [-0.39, 0.29) is 35.3 Å². The van der Waals surface area contributed by atoms with Crippen molar-refractivity contribution in [2.24, 2.45) is 4.99 Å². The summed E-state index contributed by atoms with van der Waals surface area (Å²) in [6.45, 7) is 1.94. The summed E-state index contributed by atoms with van der Waals surface area (Å²) < 4.78 is 39.0. The van der Waals surface area contributed by atoms with Gasteiger partial charge in [-0.25, -0.2) is 9.79 Å². The lowest BCUT2D eigenvalue weighted by molar-refractivity contribution is -0.137. The van der Waals surface area contributed by atoms with Gasteiger partial charge in [-0.05, 0) is 49.4 Å². The van der Waals surface area contributed by atoms with Crippen molar-refractivity contribution in [1.29, 1.82) is 0 Å². The number of amidine groups is 1. The highest BCUT2D eigenvalue weighted by atomic mass is 32.2. The van der Waals surface area contributed by atoms with Crippen molar-refractivity contribution >= 4 is 46.1 Å². The van der Waals surface area contributed by atoms with Crippen LogP contribution in [0.1, 0.15) is 29.3 Å². The topological polar surface area (TPSA) is 99.1 Å². The molecule has 1 saturated heterocycles. The maximum absolute atomic E-state index is 13.0. The first-order valence-electron chi connectivity index (χ1n) is 9.45. The standard InChI is InChI=1S/C21H18F3N3O4S/c1-2-27-17(28)11-16(18(29)25-14-8-6-12(7-9-14)19(30)31)32-20(27)26-15-5-3-4-13(10-15)21(22,23)24/h3-10,16H,2,11H2,1H3,(H,25,29)(H,30,31). The Kier molecular flexibility index (Phi) is 6.87. The molecule has 7 nitrogen and oxygen atoms in total. The highest BCUT2D eigenvalue weighted by Crippen LogP contribution is 2.33. The number of carboxylic acids is 1. The lowest BCUT2D eigenvalue weighted by atomic mass is 10.2. The highest BCUT2D eigenvalue weighted by Gasteiger charge is 2.35. The number of carboxylic acid groups (broad SMARTS) is 1. The zero-order valence-electron chi connectivity index (χ0n) is 16.7. The first-order valence-corrected chi connectivity index (χ1v) is 10.3. The van der Waals surface area contributed by atoms with E-state index in [2.05, 4.69) is 10.3 Å². The molecule has 0 saturated carbocycles. The number of hydrogen-bond donors (Lipinski definition) is 2. The van der Waals surface area contributed by atoms with Gasteiger partial charge in [0.25, 0.3) is 0 Å². The molecule has 1 unspecified atom stereocenters. The molecule has 2 aromatic carbocycles. The number of amides is 2. The Morgan fingerprint density at radius 3 is 2.50 bits per heavy atom. The first kappa shape index (κ1) is 23.3. The molecule has 11 heteroatoms. The molecule has 1 aliphatic rings. The van der Waals surface area contributed by atoms with Crippen LogP contribution < -0.4 is 5.32 Å². The molecule has 1 fully saturated rings. The molecule has 0 spiro atoms. The summed E-state index contributed by atoms with van der Waals surface area (Å²) in [5.41, 5.74) is -0.450. The Morgan fingerprint density at radius 2 is 1.91 bits per heavy atom. The highest BCUT2D eigenvalue weighted by molar-refractivity contribution is 8.15. The molecule has 0 aromatic heterocycles. The van der Waals surface area contributed by atoms with E-state index >= 15 is 0 Å². The van der Waals surface area contributed by atoms with Crippen molar-refractivity contribution in [1.82, 2.24) is 4.90 Å². The van der Waals surface area contributed by atoms with Gasteiger partial charge in [-0.3, -0.25) is 14.5 Å². The molecule has 2 amide bonds. The van der Waals surface area contributed by atoms with E-state index in [1.54, 1.807) is 6.92 Å². The van der Waals surface area contributed by atoms with Crippen LogP contribution in [0.15, 0.2) is 53.5 Å². The summed E-state index contributed by atoms with van der Waals surface area (Å²) in [7, 11) is 0. The van der Waals surface area contributed by atoms with Gasteiger partial charge in [0.1, 0.15) is 5.25 Å². The lowest BCUT2D eigenvalue weighted by Crippen LogP contribution is -2.45. The van der Waals surface area contributed by atoms with Crippen LogP contribution in [0, 0.1) is 0 Å². The van der Waals surface area contributed by atoms with Crippen LogP contribution in [-0.4, -0.2) is 44.8 Å². The number of anilines is 1. The minimum Gasteiger partial charge on any atom is -0.478 e. The number of aromatic carboxylic acids is 1. The molecule has 0 aliphatic carbocycles. The molecule has 32 heavy (non-hydrogen) atoms. The number of nitrogens with zero attached hydrogens (tertiary/aromatic N) is 2. The monoisotopic (exact) mass is 465 g/mol. The van der Waals surface area contributed by atoms with E-state index in [1.807, 2.05) is 0 Å². The quantitative estimate of drug-likeness (QED) is 0.683. The second-order valence-electron chi connectivity index (χ2n) is 6.76. The number of hydrogen-bond acceptors (Lipinski definition) is 5. The molecule has 1 aliphatic heterocycles. The van der Waals surface area contributed by atoms with Gasteiger partial charge in [0.2, 0.25) is 11.8 Å². The summed E-state index contributed by atoms with van der Waals surface area (Å²) in [6, 6.07) is 9.91.